The molecule has 2 N–H and O–H groups in total. The maximum absolute atomic E-state index is 5.67. The highest BCUT2D eigenvalue weighted by molar-refractivity contribution is 5.40. The molecule has 3 rings (SSSR count). The smallest absolute Gasteiger partial charge is 0.135 e. The van der Waals surface area contributed by atoms with Gasteiger partial charge < -0.3 is 10.5 Å². The van der Waals surface area contributed by atoms with Crippen LogP contribution in [0.3, 0.4) is 0 Å². The van der Waals surface area contributed by atoms with Crippen LogP contribution in [0, 0.1) is 0 Å². The van der Waals surface area contributed by atoms with Crippen molar-refractivity contribution in [1.29, 1.82) is 0 Å². The molecule has 0 saturated heterocycles. The van der Waals surface area contributed by atoms with E-state index in [1.54, 1.807) is 0 Å². The first kappa shape index (κ1) is 12.1. The average molecular weight is 255 g/mol. The third kappa shape index (κ3) is 2.44. The van der Waals surface area contributed by atoms with E-state index < -0.39 is 0 Å². The number of hydrogen-bond donors (Lipinski definition) is 1. The van der Waals surface area contributed by atoms with Crippen LogP contribution in [0.1, 0.15) is 29.3 Å². The van der Waals surface area contributed by atoms with Crippen LogP contribution in [0.4, 0.5) is 0 Å². The Balaban J connectivity index is 1.90. The first-order valence-corrected chi connectivity index (χ1v) is 6.61. The summed E-state index contributed by atoms with van der Waals surface area (Å²) in [4.78, 5) is 9.00. The predicted octanol–water partition coefficient (Wildman–Crippen LogP) is 1.89. The summed E-state index contributed by atoms with van der Waals surface area (Å²) in [6, 6.07) is 8.12. The molecular weight excluding hydrogens is 238 g/mol. The van der Waals surface area contributed by atoms with E-state index in [0.29, 0.717) is 6.54 Å². The van der Waals surface area contributed by atoms with E-state index in [1.807, 2.05) is 30.6 Å². The standard InChI is InChI=1S/C15H17N3O/c16-7-5-11-9-17-15(18-10-11)13-6-8-19-14-4-2-1-3-12(13)14/h1-4,9-10,13H,5-8,16H2. The number of hydrogen-bond acceptors (Lipinski definition) is 4. The highest BCUT2D eigenvalue weighted by Crippen LogP contribution is 2.36. The van der Waals surface area contributed by atoms with Gasteiger partial charge in [0.1, 0.15) is 11.6 Å². The Bertz CT molecular complexity index is 554. The molecule has 2 heterocycles. The minimum atomic E-state index is 0.233. The highest BCUT2D eigenvalue weighted by atomic mass is 16.5. The molecule has 1 aliphatic rings. The summed E-state index contributed by atoms with van der Waals surface area (Å²) in [7, 11) is 0. The molecule has 1 unspecified atom stereocenters. The number of aromatic nitrogens is 2. The maximum Gasteiger partial charge on any atom is 0.135 e. The number of fused-ring (bicyclic) bond motifs is 1. The van der Waals surface area contributed by atoms with Crippen LogP contribution in [0.25, 0.3) is 0 Å². The van der Waals surface area contributed by atoms with E-state index >= 15 is 0 Å². The fourth-order valence-corrected chi connectivity index (χ4v) is 2.45. The number of para-hydroxylation sites is 1. The Morgan fingerprint density at radius 2 is 2.00 bits per heavy atom. The van der Waals surface area contributed by atoms with Gasteiger partial charge >= 0.3 is 0 Å². The van der Waals surface area contributed by atoms with Crippen LogP contribution in [-0.4, -0.2) is 23.1 Å². The molecule has 0 spiro atoms. The van der Waals surface area contributed by atoms with Crippen molar-refractivity contribution < 1.29 is 4.74 Å². The summed E-state index contributed by atoms with van der Waals surface area (Å²) < 4.78 is 5.67. The lowest BCUT2D eigenvalue weighted by molar-refractivity contribution is 0.274. The molecular formula is C15H17N3O. The lowest BCUT2D eigenvalue weighted by Crippen LogP contribution is -2.17. The Labute approximate surface area is 112 Å². The molecule has 0 amide bonds. The first-order valence-electron chi connectivity index (χ1n) is 6.61. The summed E-state index contributed by atoms with van der Waals surface area (Å²) in [5, 5.41) is 0. The van der Waals surface area contributed by atoms with Crippen molar-refractivity contribution in [2.75, 3.05) is 13.2 Å². The zero-order valence-electron chi connectivity index (χ0n) is 10.7. The highest BCUT2D eigenvalue weighted by Gasteiger charge is 2.24. The van der Waals surface area contributed by atoms with Gasteiger partial charge in [0.05, 0.1) is 12.5 Å². The zero-order chi connectivity index (χ0) is 13.1. The van der Waals surface area contributed by atoms with E-state index in [9.17, 15) is 0 Å². The number of benzene rings is 1. The van der Waals surface area contributed by atoms with Gasteiger partial charge in [-0.1, -0.05) is 18.2 Å². The second-order valence-electron chi connectivity index (χ2n) is 4.72. The zero-order valence-corrected chi connectivity index (χ0v) is 10.7. The summed E-state index contributed by atoms with van der Waals surface area (Å²) in [5.41, 5.74) is 7.80. The van der Waals surface area contributed by atoms with E-state index in [2.05, 4.69) is 16.0 Å². The molecule has 1 aromatic carbocycles. The van der Waals surface area contributed by atoms with Crippen molar-refractivity contribution in [3.8, 4) is 5.75 Å². The quantitative estimate of drug-likeness (QED) is 0.909. The van der Waals surface area contributed by atoms with E-state index in [4.69, 9.17) is 10.5 Å². The molecule has 1 aromatic heterocycles. The van der Waals surface area contributed by atoms with Crippen molar-refractivity contribution in [2.45, 2.75) is 18.8 Å². The lowest BCUT2D eigenvalue weighted by Gasteiger charge is -2.24. The Hall–Kier alpha value is -1.94. The van der Waals surface area contributed by atoms with E-state index in [-0.39, 0.29) is 5.92 Å². The molecule has 1 aliphatic heterocycles. The van der Waals surface area contributed by atoms with E-state index in [0.717, 1.165) is 36.6 Å². The van der Waals surface area contributed by atoms with Crippen molar-refractivity contribution >= 4 is 0 Å². The van der Waals surface area contributed by atoms with Crippen molar-refractivity contribution in [3.05, 3.63) is 53.6 Å². The van der Waals surface area contributed by atoms with Gasteiger partial charge in [-0.25, -0.2) is 9.97 Å². The largest absolute Gasteiger partial charge is 0.493 e. The number of nitrogens with two attached hydrogens (primary N) is 1. The van der Waals surface area contributed by atoms with Crippen molar-refractivity contribution in [2.24, 2.45) is 5.73 Å². The van der Waals surface area contributed by atoms with Gasteiger partial charge in [0, 0.05) is 18.0 Å². The van der Waals surface area contributed by atoms with Crippen LogP contribution in [0.5, 0.6) is 5.75 Å². The monoisotopic (exact) mass is 255 g/mol. The topological polar surface area (TPSA) is 61.0 Å². The van der Waals surface area contributed by atoms with Crippen LogP contribution in [0.2, 0.25) is 0 Å². The van der Waals surface area contributed by atoms with Gasteiger partial charge in [0.15, 0.2) is 0 Å². The molecule has 19 heavy (non-hydrogen) atoms. The van der Waals surface area contributed by atoms with Crippen molar-refractivity contribution in [1.82, 2.24) is 9.97 Å². The number of ether oxygens (including phenoxy) is 1. The molecule has 4 heteroatoms. The minimum Gasteiger partial charge on any atom is -0.493 e. The second-order valence-corrected chi connectivity index (χ2v) is 4.72. The SMILES string of the molecule is NCCc1cnc(C2CCOc3ccccc32)nc1. The van der Waals surface area contributed by atoms with Gasteiger partial charge in [-0.05, 0) is 31.0 Å². The molecule has 4 nitrogen and oxygen atoms in total. The molecule has 0 radical (unpaired) electrons. The number of nitrogens with zero attached hydrogens (tertiary/aromatic N) is 2. The molecule has 0 bridgehead atoms. The van der Waals surface area contributed by atoms with Gasteiger partial charge in [0.25, 0.3) is 0 Å². The fraction of sp³-hybridized carbons (Fsp3) is 0.333. The van der Waals surface area contributed by atoms with Gasteiger partial charge in [-0.15, -0.1) is 0 Å². The molecule has 1 atom stereocenters. The minimum absolute atomic E-state index is 0.233. The molecule has 2 aromatic rings. The third-order valence-electron chi connectivity index (χ3n) is 3.43. The van der Waals surface area contributed by atoms with Crippen LogP contribution < -0.4 is 10.5 Å². The number of rotatable bonds is 3. The lowest BCUT2D eigenvalue weighted by atomic mass is 9.92. The molecule has 98 valence electrons. The third-order valence-corrected chi connectivity index (χ3v) is 3.43. The van der Waals surface area contributed by atoms with Crippen molar-refractivity contribution in [3.63, 3.8) is 0 Å². The van der Waals surface area contributed by atoms with Crippen LogP contribution in [-0.2, 0) is 6.42 Å². The second kappa shape index (κ2) is 5.36. The Kier molecular flexibility index (Phi) is 3.42. The fourth-order valence-electron chi connectivity index (χ4n) is 2.45. The maximum atomic E-state index is 5.67. The average Bonchev–Trinajstić information content (AvgIpc) is 2.48. The Morgan fingerprint density at radius 3 is 2.79 bits per heavy atom. The van der Waals surface area contributed by atoms with Crippen LogP contribution in [0.15, 0.2) is 36.7 Å². The summed E-state index contributed by atoms with van der Waals surface area (Å²) in [5.74, 6) is 2.06. The normalized spacial score (nSPS) is 17.6. The van der Waals surface area contributed by atoms with Gasteiger partial charge in [-0.2, -0.15) is 0 Å². The van der Waals surface area contributed by atoms with Gasteiger partial charge in [-0.3, -0.25) is 0 Å². The molecule has 0 aliphatic carbocycles. The Morgan fingerprint density at radius 1 is 1.21 bits per heavy atom. The predicted molar refractivity (Wildman–Crippen MR) is 73.2 cm³/mol. The first-order chi connectivity index (χ1) is 9.38. The molecule has 0 saturated carbocycles. The summed E-state index contributed by atoms with van der Waals surface area (Å²) in [6.07, 6.45) is 5.51. The van der Waals surface area contributed by atoms with E-state index in [1.165, 1.54) is 5.56 Å². The summed E-state index contributed by atoms with van der Waals surface area (Å²) in [6.45, 7) is 1.35. The van der Waals surface area contributed by atoms with Crippen LogP contribution >= 0.6 is 0 Å². The molecule has 0 fully saturated rings. The van der Waals surface area contributed by atoms with Gasteiger partial charge in [0.2, 0.25) is 0 Å². The summed E-state index contributed by atoms with van der Waals surface area (Å²) >= 11 is 0.